The van der Waals surface area contributed by atoms with Crippen LogP contribution in [0.4, 0.5) is 11.4 Å². The number of H-pyrrole nitrogens is 1. The number of carbonyl (C=O) groups is 3. The molecule has 0 aliphatic heterocycles. The summed E-state index contributed by atoms with van der Waals surface area (Å²) in [5.74, 6) is -0.753. The Bertz CT molecular complexity index is 1410. The van der Waals surface area contributed by atoms with Crippen molar-refractivity contribution in [2.45, 2.75) is 83.6 Å². The number of benzene rings is 2. The Morgan fingerprint density at radius 2 is 1.77 bits per heavy atom. The molecule has 10 heteroatoms. The lowest BCUT2D eigenvalue weighted by molar-refractivity contribution is -0.117. The van der Waals surface area contributed by atoms with Gasteiger partial charge < -0.3 is 30.4 Å². The Kier molecular flexibility index (Phi) is 11.2. The minimum Gasteiger partial charge on any atom is -0.455 e. The van der Waals surface area contributed by atoms with Crippen LogP contribution in [0, 0.1) is 0 Å². The molecular weight excluding hydrogens is 558 g/mol. The van der Waals surface area contributed by atoms with Crippen molar-refractivity contribution in [3.05, 3.63) is 59.8 Å². The standard InChI is InChI=1S/C34H47N5O5/c1-6-38(26-12-14-28(43-5)15-13-26)17-18-39(22-40)27-10-7-23(8-11-27)19-29(35)32(41)36-25-9-16-30-24(20-25)21-31(37-30)33(42)44-34(2,3)4/h7-11,16,20-22,26,28-29,37H,6,12-15,17-19,35H2,1-5H3,(H,36,41). The number of anilines is 2. The Labute approximate surface area is 260 Å². The average molecular weight is 606 g/mol. The number of nitrogens with one attached hydrogen (secondary N) is 2. The molecule has 44 heavy (non-hydrogen) atoms. The summed E-state index contributed by atoms with van der Waals surface area (Å²) >= 11 is 0. The first-order valence-electron chi connectivity index (χ1n) is 15.5. The highest BCUT2D eigenvalue weighted by molar-refractivity contribution is 5.99. The van der Waals surface area contributed by atoms with E-state index in [2.05, 4.69) is 22.1 Å². The highest BCUT2D eigenvalue weighted by Gasteiger charge is 2.25. The predicted octanol–water partition coefficient (Wildman–Crippen LogP) is 4.87. The van der Waals surface area contributed by atoms with Gasteiger partial charge in [0.15, 0.2) is 0 Å². The minimum atomic E-state index is -0.770. The van der Waals surface area contributed by atoms with E-state index in [0.29, 0.717) is 36.5 Å². The molecule has 3 aromatic rings. The average Bonchev–Trinajstić information content (AvgIpc) is 3.43. The van der Waals surface area contributed by atoms with E-state index in [1.165, 1.54) is 0 Å². The third-order valence-electron chi connectivity index (χ3n) is 8.22. The summed E-state index contributed by atoms with van der Waals surface area (Å²) in [6.07, 6.45) is 5.98. The van der Waals surface area contributed by atoms with E-state index in [4.69, 9.17) is 15.2 Å². The topological polar surface area (TPSA) is 130 Å². The Morgan fingerprint density at radius 1 is 1.07 bits per heavy atom. The third kappa shape index (κ3) is 8.90. The number of rotatable bonds is 13. The molecule has 0 radical (unpaired) electrons. The van der Waals surface area contributed by atoms with Gasteiger partial charge in [-0.25, -0.2) is 4.79 Å². The molecule has 2 aromatic carbocycles. The Balaban J connectivity index is 1.30. The number of hydrogen-bond donors (Lipinski definition) is 3. The van der Waals surface area contributed by atoms with Crippen LogP contribution in [0.5, 0.6) is 0 Å². The van der Waals surface area contributed by atoms with Gasteiger partial charge in [-0.15, -0.1) is 0 Å². The number of aromatic amines is 1. The second-order valence-electron chi connectivity index (χ2n) is 12.5. The van der Waals surface area contributed by atoms with Gasteiger partial charge in [-0.3, -0.25) is 14.5 Å². The molecule has 1 unspecified atom stereocenters. The number of ether oxygens (including phenoxy) is 2. The number of hydrogen-bond acceptors (Lipinski definition) is 7. The van der Waals surface area contributed by atoms with E-state index < -0.39 is 17.6 Å². The first-order valence-corrected chi connectivity index (χ1v) is 15.5. The monoisotopic (exact) mass is 605 g/mol. The van der Waals surface area contributed by atoms with E-state index in [-0.39, 0.29) is 5.91 Å². The fourth-order valence-corrected chi connectivity index (χ4v) is 5.78. The van der Waals surface area contributed by atoms with Gasteiger partial charge in [0.25, 0.3) is 0 Å². The van der Waals surface area contributed by atoms with Crippen molar-refractivity contribution >= 4 is 40.6 Å². The molecule has 238 valence electrons. The molecule has 10 nitrogen and oxygen atoms in total. The van der Waals surface area contributed by atoms with Gasteiger partial charge in [-0.2, -0.15) is 0 Å². The molecule has 4 rings (SSSR count). The lowest BCUT2D eigenvalue weighted by Crippen LogP contribution is -2.43. The molecule has 1 atom stereocenters. The van der Waals surface area contributed by atoms with E-state index in [0.717, 1.165) is 67.3 Å². The first kappa shape index (κ1) is 33.2. The highest BCUT2D eigenvalue weighted by atomic mass is 16.6. The first-order chi connectivity index (χ1) is 21.0. The number of esters is 1. The number of nitrogens with two attached hydrogens (primary N) is 1. The Hall–Kier alpha value is -3.73. The van der Waals surface area contributed by atoms with Crippen molar-refractivity contribution in [3.8, 4) is 0 Å². The van der Waals surface area contributed by atoms with Gasteiger partial charge in [0, 0.05) is 48.5 Å². The van der Waals surface area contributed by atoms with E-state index in [1.54, 1.807) is 36.3 Å². The summed E-state index contributed by atoms with van der Waals surface area (Å²) in [6, 6.07) is 14.4. The van der Waals surface area contributed by atoms with Crippen LogP contribution in [-0.4, -0.2) is 78.7 Å². The van der Waals surface area contributed by atoms with Crippen molar-refractivity contribution in [1.29, 1.82) is 0 Å². The van der Waals surface area contributed by atoms with Gasteiger partial charge in [0.2, 0.25) is 12.3 Å². The molecule has 1 heterocycles. The van der Waals surface area contributed by atoms with Crippen LogP contribution in [0.1, 0.15) is 69.4 Å². The fourth-order valence-electron chi connectivity index (χ4n) is 5.78. The van der Waals surface area contributed by atoms with Crippen molar-refractivity contribution in [2.24, 2.45) is 5.73 Å². The zero-order chi connectivity index (χ0) is 31.9. The number of methoxy groups -OCH3 is 1. The smallest absolute Gasteiger partial charge is 0.355 e. The number of fused-ring (bicyclic) bond motifs is 1. The van der Waals surface area contributed by atoms with E-state index in [1.807, 2.05) is 45.0 Å². The van der Waals surface area contributed by atoms with Gasteiger partial charge in [-0.05, 0) is 101 Å². The van der Waals surface area contributed by atoms with E-state index >= 15 is 0 Å². The van der Waals surface area contributed by atoms with Crippen LogP contribution < -0.4 is 16.0 Å². The molecule has 1 fully saturated rings. The summed E-state index contributed by atoms with van der Waals surface area (Å²) in [5.41, 5.74) is 9.06. The Morgan fingerprint density at radius 3 is 2.39 bits per heavy atom. The molecule has 2 amide bonds. The summed E-state index contributed by atoms with van der Waals surface area (Å²) < 4.78 is 11.0. The van der Waals surface area contributed by atoms with Crippen LogP contribution in [0.2, 0.25) is 0 Å². The van der Waals surface area contributed by atoms with Crippen LogP contribution in [0.3, 0.4) is 0 Å². The number of aromatic nitrogens is 1. The molecule has 1 aromatic heterocycles. The number of amides is 2. The van der Waals surface area contributed by atoms with Gasteiger partial charge in [0.1, 0.15) is 11.3 Å². The van der Waals surface area contributed by atoms with Gasteiger partial charge in [0.05, 0.1) is 12.1 Å². The fraction of sp³-hybridized carbons (Fsp3) is 0.500. The molecule has 1 saturated carbocycles. The molecular formula is C34H47N5O5. The van der Waals surface area contributed by atoms with Crippen molar-refractivity contribution in [1.82, 2.24) is 9.88 Å². The zero-order valence-electron chi connectivity index (χ0n) is 26.6. The van der Waals surface area contributed by atoms with Crippen LogP contribution in [0.15, 0.2) is 48.5 Å². The van der Waals surface area contributed by atoms with Crippen molar-refractivity contribution in [3.63, 3.8) is 0 Å². The molecule has 0 bridgehead atoms. The second-order valence-corrected chi connectivity index (χ2v) is 12.5. The van der Waals surface area contributed by atoms with Crippen LogP contribution >= 0.6 is 0 Å². The molecule has 0 saturated heterocycles. The summed E-state index contributed by atoms with van der Waals surface area (Å²) in [6.45, 7) is 9.97. The van der Waals surface area contributed by atoms with Gasteiger partial charge >= 0.3 is 5.97 Å². The summed E-state index contributed by atoms with van der Waals surface area (Å²) in [7, 11) is 1.79. The number of likely N-dealkylation sites (N-methyl/N-ethyl adjacent to an activating group) is 1. The number of nitrogens with zero attached hydrogens (tertiary/aromatic N) is 2. The summed E-state index contributed by atoms with van der Waals surface area (Å²) in [5, 5.41) is 3.65. The lowest BCUT2D eigenvalue weighted by atomic mass is 9.92. The van der Waals surface area contributed by atoms with Crippen LogP contribution in [-0.2, 0) is 25.5 Å². The molecule has 0 spiro atoms. The minimum absolute atomic E-state index is 0.315. The molecule has 1 aliphatic carbocycles. The maximum Gasteiger partial charge on any atom is 0.355 e. The molecule has 1 aliphatic rings. The number of carbonyl (C=O) groups excluding carboxylic acids is 3. The van der Waals surface area contributed by atoms with Crippen LogP contribution in [0.25, 0.3) is 10.9 Å². The third-order valence-corrected chi connectivity index (χ3v) is 8.22. The van der Waals surface area contributed by atoms with Crippen molar-refractivity contribution in [2.75, 3.05) is 37.0 Å². The largest absolute Gasteiger partial charge is 0.455 e. The summed E-state index contributed by atoms with van der Waals surface area (Å²) in [4.78, 5) is 44.5. The zero-order valence-corrected chi connectivity index (χ0v) is 26.6. The lowest BCUT2D eigenvalue weighted by Gasteiger charge is -2.36. The normalized spacial score (nSPS) is 17.8. The molecule has 4 N–H and O–H groups in total. The maximum atomic E-state index is 12.9. The SMILES string of the molecule is CCN(CCN(C=O)c1ccc(CC(N)C(=O)Nc2ccc3[nH]c(C(=O)OC(C)(C)C)cc3c2)cc1)C1CCC(OC)CC1. The van der Waals surface area contributed by atoms with Gasteiger partial charge in [-0.1, -0.05) is 19.1 Å². The second kappa shape index (κ2) is 14.8. The predicted molar refractivity (Wildman–Crippen MR) is 174 cm³/mol. The quantitative estimate of drug-likeness (QED) is 0.187. The van der Waals surface area contributed by atoms with Crippen molar-refractivity contribution < 1.29 is 23.9 Å². The van der Waals surface area contributed by atoms with E-state index in [9.17, 15) is 14.4 Å². The highest BCUT2D eigenvalue weighted by Crippen LogP contribution is 2.25. The maximum absolute atomic E-state index is 12.9.